The Labute approximate surface area is 130 Å². The number of hydrogen-bond acceptors (Lipinski definition) is 3. The monoisotopic (exact) mass is 318 g/mol. The molecule has 2 heterocycles. The molecule has 2 N–H and O–H groups in total. The van der Waals surface area contributed by atoms with Gasteiger partial charge < -0.3 is 4.98 Å². The number of nitrogens with zero attached hydrogens (tertiary/aromatic N) is 2. The molecule has 0 amide bonds. The molecule has 0 aliphatic rings. The summed E-state index contributed by atoms with van der Waals surface area (Å²) in [6.07, 6.45) is -2.00. The predicted molar refractivity (Wildman–Crippen MR) is 83.5 cm³/mol. The van der Waals surface area contributed by atoms with Crippen LogP contribution in [0.5, 0.6) is 0 Å². The summed E-state index contributed by atoms with van der Waals surface area (Å²) in [6, 6.07) is 9.99. The molecule has 23 heavy (non-hydrogen) atoms. The molecule has 1 aromatic carbocycles. The number of H-pyrrole nitrogens is 1. The van der Waals surface area contributed by atoms with Crippen LogP contribution in [0, 0.1) is 6.92 Å². The van der Waals surface area contributed by atoms with E-state index in [0.29, 0.717) is 0 Å². The molecule has 7 heteroatoms. The van der Waals surface area contributed by atoms with E-state index in [1.165, 1.54) is 6.07 Å². The van der Waals surface area contributed by atoms with Gasteiger partial charge in [0, 0.05) is 28.4 Å². The molecule has 0 aliphatic carbocycles. The van der Waals surface area contributed by atoms with Crippen molar-refractivity contribution in [2.24, 2.45) is 5.10 Å². The van der Waals surface area contributed by atoms with Gasteiger partial charge in [-0.1, -0.05) is 18.2 Å². The minimum absolute atomic E-state index is 0.242. The summed E-state index contributed by atoms with van der Waals surface area (Å²) >= 11 is 0. The number of hydrogen-bond donors (Lipinski definition) is 2. The van der Waals surface area contributed by atoms with Crippen molar-refractivity contribution in [1.29, 1.82) is 0 Å². The van der Waals surface area contributed by atoms with E-state index >= 15 is 0 Å². The van der Waals surface area contributed by atoms with Crippen molar-refractivity contribution in [2.45, 2.75) is 13.1 Å². The molecule has 0 saturated carbocycles. The molecule has 4 nitrogen and oxygen atoms in total. The zero-order chi connectivity index (χ0) is 16.4. The highest BCUT2D eigenvalue weighted by molar-refractivity contribution is 6.00. The normalized spacial score (nSPS) is 12.2. The molecule has 0 bridgehead atoms. The summed E-state index contributed by atoms with van der Waals surface area (Å²) in [5.41, 5.74) is 4.71. The fourth-order valence-corrected chi connectivity index (χ4v) is 2.26. The highest BCUT2D eigenvalue weighted by atomic mass is 19.4. The van der Waals surface area contributed by atoms with Crippen LogP contribution < -0.4 is 5.43 Å². The number of aryl methyl sites for hydroxylation is 1. The molecule has 118 valence electrons. The lowest BCUT2D eigenvalue weighted by Crippen LogP contribution is -2.05. The molecular weight excluding hydrogens is 305 g/mol. The smallest absolute Gasteiger partial charge is 0.358 e. The maximum absolute atomic E-state index is 12.5. The maximum Gasteiger partial charge on any atom is 0.417 e. The number of alkyl halides is 3. The quantitative estimate of drug-likeness (QED) is 0.557. The lowest BCUT2D eigenvalue weighted by molar-refractivity contribution is -0.137. The van der Waals surface area contributed by atoms with Crippen LogP contribution in [0.2, 0.25) is 0 Å². The summed E-state index contributed by atoms with van der Waals surface area (Å²) in [5.74, 6) is 0.242. The molecular formula is C16H13F3N4. The summed E-state index contributed by atoms with van der Waals surface area (Å²) in [5, 5.41) is 5.07. The van der Waals surface area contributed by atoms with Gasteiger partial charge in [0.1, 0.15) is 5.82 Å². The summed E-state index contributed by atoms with van der Waals surface area (Å²) in [6.45, 7) is 1.93. The minimum Gasteiger partial charge on any atom is -0.358 e. The Morgan fingerprint density at radius 2 is 1.96 bits per heavy atom. The Hall–Kier alpha value is -2.83. The number of pyridine rings is 1. The number of anilines is 1. The third kappa shape index (κ3) is 3.18. The average molecular weight is 318 g/mol. The number of nitrogens with one attached hydrogen (secondary N) is 2. The Bertz CT molecular complexity index is 848. The second-order valence-corrected chi connectivity index (χ2v) is 5.01. The largest absolute Gasteiger partial charge is 0.417 e. The first kappa shape index (κ1) is 15.1. The molecule has 0 saturated heterocycles. The van der Waals surface area contributed by atoms with Gasteiger partial charge in [-0.05, 0) is 25.1 Å². The molecule has 0 radical (unpaired) electrons. The van der Waals surface area contributed by atoms with Crippen molar-refractivity contribution in [3.05, 3.63) is 59.4 Å². The molecule has 2 aromatic heterocycles. The molecule has 0 atom stereocenters. The highest BCUT2D eigenvalue weighted by Crippen LogP contribution is 2.28. The van der Waals surface area contributed by atoms with Crippen molar-refractivity contribution in [3.63, 3.8) is 0 Å². The topological polar surface area (TPSA) is 53.1 Å². The van der Waals surface area contributed by atoms with E-state index in [1.54, 1.807) is 6.21 Å². The molecule has 3 aromatic rings. The van der Waals surface area contributed by atoms with E-state index in [4.69, 9.17) is 0 Å². The third-order valence-electron chi connectivity index (χ3n) is 3.41. The van der Waals surface area contributed by atoms with Gasteiger partial charge in [0.15, 0.2) is 0 Å². The zero-order valence-electron chi connectivity index (χ0n) is 12.1. The highest BCUT2D eigenvalue weighted by Gasteiger charge is 2.30. The minimum atomic E-state index is -4.39. The van der Waals surface area contributed by atoms with Gasteiger partial charge in [0.25, 0.3) is 0 Å². The van der Waals surface area contributed by atoms with Crippen LogP contribution in [-0.2, 0) is 6.18 Å². The fraction of sp³-hybridized carbons (Fsp3) is 0.125. The number of aromatic amines is 1. The van der Waals surface area contributed by atoms with Crippen LogP contribution in [-0.4, -0.2) is 16.2 Å². The van der Waals surface area contributed by atoms with E-state index in [1.807, 2.05) is 31.2 Å². The Morgan fingerprint density at radius 3 is 2.65 bits per heavy atom. The van der Waals surface area contributed by atoms with Crippen LogP contribution in [0.3, 0.4) is 0 Å². The second-order valence-electron chi connectivity index (χ2n) is 5.01. The number of fused-ring (bicyclic) bond motifs is 1. The SMILES string of the molecule is Cc1[nH]c2ccccc2c1/C=N/Nc1ccc(C(F)(F)F)cn1. The summed E-state index contributed by atoms with van der Waals surface area (Å²) < 4.78 is 37.4. The zero-order valence-corrected chi connectivity index (χ0v) is 12.1. The van der Waals surface area contributed by atoms with Crippen molar-refractivity contribution < 1.29 is 13.2 Å². The molecule has 0 fully saturated rings. The Kier molecular flexibility index (Phi) is 3.77. The molecule has 3 rings (SSSR count). The van der Waals surface area contributed by atoms with E-state index in [9.17, 15) is 13.2 Å². The van der Waals surface area contributed by atoms with Gasteiger partial charge in [0.05, 0.1) is 11.8 Å². The van der Waals surface area contributed by atoms with Crippen molar-refractivity contribution >= 4 is 22.9 Å². The third-order valence-corrected chi connectivity index (χ3v) is 3.41. The average Bonchev–Trinajstić information content (AvgIpc) is 2.83. The van der Waals surface area contributed by atoms with Gasteiger partial charge in [0.2, 0.25) is 0 Å². The summed E-state index contributed by atoms with van der Waals surface area (Å²) in [4.78, 5) is 6.94. The van der Waals surface area contributed by atoms with Crippen LogP contribution >= 0.6 is 0 Å². The van der Waals surface area contributed by atoms with E-state index in [-0.39, 0.29) is 5.82 Å². The van der Waals surface area contributed by atoms with Crippen molar-refractivity contribution in [1.82, 2.24) is 9.97 Å². The van der Waals surface area contributed by atoms with Crippen LogP contribution in [0.1, 0.15) is 16.8 Å². The number of halogens is 3. The number of hydrazone groups is 1. The summed E-state index contributed by atoms with van der Waals surface area (Å²) in [7, 11) is 0. The van der Waals surface area contributed by atoms with Gasteiger partial charge in [-0.2, -0.15) is 18.3 Å². The molecule has 0 spiro atoms. The molecule has 0 unspecified atom stereocenters. The second kappa shape index (κ2) is 5.75. The fourth-order valence-electron chi connectivity index (χ4n) is 2.26. The van der Waals surface area contributed by atoms with Gasteiger partial charge in [-0.15, -0.1) is 0 Å². The first-order valence-corrected chi connectivity index (χ1v) is 6.85. The Balaban J connectivity index is 1.77. The number of rotatable bonds is 3. The Morgan fingerprint density at radius 1 is 1.17 bits per heavy atom. The van der Waals surface area contributed by atoms with Gasteiger partial charge in [-0.3, -0.25) is 5.43 Å². The number of para-hydroxylation sites is 1. The van der Waals surface area contributed by atoms with Crippen molar-refractivity contribution in [2.75, 3.05) is 5.43 Å². The van der Waals surface area contributed by atoms with Crippen LogP contribution in [0.4, 0.5) is 19.0 Å². The maximum atomic E-state index is 12.5. The number of aromatic nitrogens is 2. The lowest BCUT2D eigenvalue weighted by atomic mass is 10.1. The van der Waals surface area contributed by atoms with Crippen LogP contribution in [0.25, 0.3) is 10.9 Å². The van der Waals surface area contributed by atoms with Crippen molar-refractivity contribution in [3.8, 4) is 0 Å². The first-order chi connectivity index (χ1) is 10.9. The molecule has 0 aliphatic heterocycles. The van der Waals surface area contributed by atoms with Gasteiger partial charge >= 0.3 is 6.18 Å². The first-order valence-electron chi connectivity index (χ1n) is 6.85. The van der Waals surface area contributed by atoms with Gasteiger partial charge in [-0.25, -0.2) is 4.98 Å². The van der Waals surface area contributed by atoms with E-state index < -0.39 is 11.7 Å². The predicted octanol–water partition coefficient (Wildman–Crippen LogP) is 4.34. The van der Waals surface area contributed by atoms with E-state index in [0.717, 1.165) is 34.4 Å². The van der Waals surface area contributed by atoms with E-state index in [2.05, 4.69) is 20.5 Å². The standard InChI is InChI=1S/C16H13F3N4/c1-10-13(12-4-2-3-5-14(12)22-10)9-21-23-15-7-6-11(8-20-15)16(17,18)19/h2-9,22H,1H3,(H,20,23)/b21-9+. The number of benzene rings is 1. The van der Waals surface area contributed by atoms with Crippen LogP contribution in [0.15, 0.2) is 47.7 Å². The lowest BCUT2D eigenvalue weighted by Gasteiger charge is -2.06.